The van der Waals surface area contributed by atoms with Crippen molar-refractivity contribution in [2.45, 2.75) is 31.0 Å². The Balaban J connectivity index is 1.42. The number of nitrogens with zero attached hydrogens (tertiary/aromatic N) is 4. The zero-order valence-corrected chi connectivity index (χ0v) is 20.5. The Kier molecular flexibility index (Phi) is 7.26. The van der Waals surface area contributed by atoms with Crippen molar-refractivity contribution in [3.05, 3.63) is 69.5 Å². The van der Waals surface area contributed by atoms with Gasteiger partial charge in [0.2, 0.25) is 5.91 Å². The van der Waals surface area contributed by atoms with Gasteiger partial charge < -0.3 is 14.8 Å². The van der Waals surface area contributed by atoms with E-state index in [4.69, 9.17) is 23.2 Å². The minimum atomic E-state index is -0.194. The molecule has 10 heteroatoms. The summed E-state index contributed by atoms with van der Waals surface area (Å²) >= 11 is 13.2. The maximum absolute atomic E-state index is 13.1. The Morgan fingerprint density at radius 3 is 2.73 bits per heavy atom. The topological polar surface area (TPSA) is 80.1 Å². The average molecular weight is 504 g/mol. The first kappa shape index (κ1) is 23.6. The van der Waals surface area contributed by atoms with E-state index < -0.39 is 0 Å². The predicted octanol–water partition coefficient (Wildman–Crippen LogP) is 5.14. The number of hydrogen-bond donors (Lipinski definition) is 1. The maximum Gasteiger partial charge on any atom is 0.254 e. The highest BCUT2D eigenvalue weighted by Gasteiger charge is 2.34. The van der Waals surface area contributed by atoms with Crippen LogP contribution in [0.5, 0.6) is 0 Å². The van der Waals surface area contributed by atoms with Gasteiger partial charge >= 0.3 is 0 Å². The van der Waals surface area contributed by atoms with Crippen molar-refractivity contribution in [3.8, 4) is 0 Å². The van der Waals surface area contributed by atoms with E-state index in [0.29, 0.717) is 33.0 Å². The zero-order chi connectivity index (χ0) is 23.5. The molecule has 0 bridgehead atoms. The number of aromatic nitrogens is 3. The van der Waals surface area contributed by atoms with Gasteiger partial charge in [0.05, 0.1) is 21.8 Å². The van der Waals surface area contributed by atoms with E-state index in [2.05, 4.69) is 15.5 Å². The summed E-state index contributed by atoms with van der Waals surface area (Å²) in [7, 11) is 1.86. The number of nitrogens with one attached hydrogen (secondary N) is 1. The number of halogens is 2. The Morgan fingerprint density at radius 1 is 1.15 bits per heavy atom. The SMILES string of the molecule is Cc1cccc(C(=O)N2CCCC2c2nnc(SCC(=O)Nc3ccc(Cl)c(Cl)c3)n2C)c1. The summed E-state index contributed by atoms with van der Waals surface area (Å²) in [5.74, 6) is 0.684. The quantitative estimate of drug-likeness (QED) is 0.471. The second kappa shape index (κ2) is 10.2. The molecule has 1 unspecified atom stereocenters. The second-order valence-electron chi connectivity index (χ2n) is 7.89. The van der Waals surface area contributed by atoms with Crippen LogP contribution < -0.4 is 5.32 Å². The lowest BCUT2D eigenvalue weighted by Gasteiger charge is -2.24. The highest BCUT2D eigenvalue weighted by Crippen LogP contribution is 2.33. The lowest BCUT2D eigenvalue weighted by Crippen LogP contribution is -2.32. The molecule has 2 heterocycles. The summed E-state index contributed by atoms with van der Waals surface area (Å²) < 4.78 is 1.86. The molecule has 1 aliphatic rings. The van der Waals surface area contributed by atoms with Crippen molar-refractivity contribution in [1.29, 1.82) is 0 Å². The second-order valence-corrected chi connectivity index (χ2v) is 9.65. The van der Waals surface area contributed by atoms with Crippen LogP contribution in [-0.4, -0.2) is 43.8 Å². The van der Waals surface area contributed by atoms with Crippen LogP contribution in [0, 0.1) is 6.92 Å². The molecular formula is C23H23Cl2N5O2S. The number of anilines is 1. The fourth-order valence-corrected chi connectivity index (χ4v) is 4.88. The van der Waals surface area contributed by atoms with Crippen LogP contribution in [0.25, 0.3) is 0 Å². The third-order valence-corrected chi connectivity index (χ3v) is 7.24. The van der Waals surface area contributed by atoms with Gasteiger partial charge in [-0.3, -0.25) is 9.59 Å². The standard InChI is InChI=1S/C23H23Cl2N5O2S/c1-14-5-3-6-15(11-14)22(32)30-10-4-7-19(30)21-27-28-23(29(21)2)33-13-20(31)26-16-8-9-17(24)18(25)12-16/h3,5-6,8-9,11-12,19H,4,7,10,13H2,1-2H3,(H,26,31). The minimum absolute atomic E-state index is 0.000550. The normalized spacial score (nSPS) is 15.6. The largest absolute Gasteiger partial charge is 0.328 e. The number of carbonyl (C=O) groups is 2. The average Bonchev–Trinajstić information content (AvgIpc) is 3.41. The molecule has 1 atom stereocenters. The third kappa shape index (κ3) is 5.34. The van der Waals surface area contributed by atoms with Crippen molar-refractivity contribution in [1.82, 2.24) is 19.7 Å². The molecule has 2 amide bonds. The summed E-state index contributed by atoms with van der Waals surface area (Å²) in [6, 6.07) is 12.4. The van der Waals surface area contributed by atoms with E-state index in [1.165, 1.54) is 11.8 Å². The molecule has 1 saturated heterocycles. The van der Waals surface area contributed by atoms with Gasteiger partial charge in [-0.05, 0) is 50.1 Å². The first-order valence-corrected chi connectivity index (χ1v) is 12.2. The number of thioether (sulfide) groups is 1. The zero-order valence-electron chi connectivity index (χ0n) is 18.2. The van der Waals surface area contributed by atoms with Crippen LogP contribution in [0.1, 0.15) is 40.6 Å². The van der Waals surface area contributed by atoms with E-state index in [9.17, 15) is 9.59 Å². The first-order chi connectivity index (χ1) is 15.8. The number of carbonyl (C=O) groups excluding carboxylic acids is 2. The Labute approximate surface area is 206 Å². The number of rotatable bonds is 6. The van der Waals surface area contributed by atoms with E-state index in [-0.39, 0.29) is 23.6 Å². The number of hydrogen-bond acceptors (Lipinski definition) is 5. The van der Waals surface area contributed by atoms with Gasteiger partial charge in [0.25, 0.3) is 5.91 Å². The van der Waals surface area contributed by atoms with E-state index >= 15 is 0 Å². The van der Waals surface area contributed by atoms with Crippen LogP contribution in [0.2, 0.25) is 10.0 Å². The molecule has 2 aromatic carbocycles. The number of aryl methyl sites for hydroxylation is 1. The van der Waals surface area contributed by atoms with Crippen LogP contribution in [-0.2, 0) is 11.8 Å². The van der Waals surface area contributed by atoms with E-state index in [0.717, 1.165) is 24.2 Å². The lowest BCUT2D eigenvalue weighted by molar-refractivity contribution is -0.113. The molecular weight excluding hydrogens is 481 g/mol. The maximum atomic E-state index is 13.1. The fraction of sp³-hybridized carbons (Fsp3) is 0.304. The van der Waals surface area contributed by atoms with Gasteiger partial charge in [0, 0.05) is 24.8 Å². The van der Waals surface area contributed by atoms with Crippen molar-refractivity contribution >= 4 is 52.5 Å². The van der Waals surface area contributed by atoms with E-state index in [1.54, 1.807) is 18.2 Å². The molecule has 0 radical (unpaired) electrons. The number of likely N-dealkylation sites (tertiary alicyclic amines) is 1. The van der Waals surface area contributed by atoms with Gasteiger partial charge in [0.1, 0.15) is 0 Å². The van der Waals surface area contributed by atoms with E-state index in [1.807, 2.05) is 47.7 Å². The van der Waals surface area contributed by atoms with Gasteiger partial charge in [-0.15, -0.1) is 10.2 Å². The molecule has 4 rings (SSSR count). The Bertz CT molecular complexity index is 1200. The number of amides is 2. The Hall–Kier alpha value is -2.55. The summed E-state index contributed by atoms with van der Waals surface area (Å²) in [4.78, 5) is 27.4. The van der Waals surface area contributed by atoms with Crippen molar-refractivity contribution < 1.29 is 9.59 Å². The summed E-state index contributed by atoms with van der Waals surface area (Å²) in [6.07, 6.45) is 1.73. The highest BCUT2D eigenvalue weighted by molar-refractivity contribution is 7.99. The molecule has 7 nitrogen and oxygen atoms in total. The van der Waals surface area contributed by atoms with Gasteiger partial charge in [-0.1, -0.05) is 52.7 Å². The lowest BCUT2D eigenvalue weighted by atomic mass is 10.1. The van der Waals surface area contributed by atoms with Gasteiger partial charge in [-0.25, -0.2) is 0 Å². The molecule has 1 fully saturated rings. The molecule has 33 heavy (non-hydrogen) atoms. The van der Waals surface area contributed by atoms with Gasteiger partial charge in [0.15, 0.2) is 11.0 Å². The van der Waals surface area contributed by atoms with Crippen LogP contribution in [0.4, 0.5) is 5.69 Å². The van der Waals surface area contributed by atoms with Crippen molar-refractivity contribution in [2.24, 2.45) is 7.05 Å². The fourth-order valence-electron chi connectivity index (χ4n) is 3.87. The molecule has 1 aromatic heterocycles. The minimum Gasteiger partial charge on any atom is -0.328 e. The van der Waals surface area contributed by atoms with Crippen LogP contribution in [0.15, 0.2) is 47.6 Å². The third-order valence-electron chi connectivity index (χ3n) is 5.48. The smallest absolute Gasteiger partial charge is 0.254 e. The van der Waals surface area contributed by atoms with Crippen LogP contribution >= 0.6 is 35.0 Å². The molecule has 0 saturated carbocycles. The van der Waals surface area contributed by atoms with Crippen molar-refractivity contribution in [3.63, 3.8) is 0 Å². The molecule has 0 spiro atoms. The Morgan fingerprint density at radius 2 is 1.97 bits per heavy atom. The number of benzene rings is 2. The summed E-state index contributed by atoms with van der Waals surface area (Å²) in [6.45, 7) is 2.65. The summed E-state index contributed by atoms with van der Waals surface area (Å²) in [5.41, 5.74) is 2.30. The highest BCUT2D eigenvalue weighted by atomic mass is 35.5. The predicted molar refractivity (Wildman–Crippen MR) is 131 cm³/mol. The molecule has 3 aromatic rings. The molecule has 1 aliphatic heterocycles. The van der Waals surface area contributed by atoms with Gasteiger partial charge in [-0.2, -0.15) is 0 Å². The molecule has 1 N–H and O–H groups in total. The summed E-state index contributed by atoms with van der Waals surface area (Å²) in [5, 5.41) is 12.8. The first-order valence-electron chi connectivity index (χ1n) is 10.5. The monoisotopic (exact) mass is 503 g/mol. The van der Waals surface area contributed by atoms with Crippen molar-refractivity contribution in [2.75, 3.05) is 17.6 Å². The van der Waals surface area contributed by atoms with Crippen LogP contribution in [0.3, 0.4) is 0 Å². The molecule has 0 aliphatic carbocycles. The molecule has 172 valence electrons.